The molecule has 0 aromatic carbocycles. The molecule has 6 fully saturated rings. The molecule has 528 valence electrons. The van der Waals surface area contributed by atoms with Crippen molar-refractivity contribution in [2.75, 3.05) is 49.4 Å². The van der Waals surface area contributed by atoms with E-state index in [9.17, 15) is 24.4 Å². The molecule has 0 radical (unpaired) electrons. The van der Waals surface area contributed by atoms with Gasteiger partial charge in [-0.3, -0.25) is 40.9 Å². The standard InChI is InChI=1S/C26H37FN10O9P2S2Si.C20H23FN10O9P2S2.C2H6/c1-26(2,3)51(4,5)46-18-13-7-41-47(38,49)44-17-12(42-24(14(17)27)36-10-34-15-20(28)30-8-32-22(15)36)6-40-48(39,50)45-19(18)25(43-13)37-11-35-16-21(29)31-9-33-23(16)37;21-9-13-8(38-19(9)30-5-28-10-15(22)24-3-26-17(10)30)2-36-42(34,44)40-14-12(32)7(1-35-41(33,43)39-13)37-20(14)31-6-29-11-16(23)25-4-27-18(11)31;1-2/h8-14,17-19,24-25H,6-7H2,1-5H3,(H,38,49)(H,39,50)(H2,28,30,32)(H2,29,31,33);3-9,12-14,19-20,32H,1-2H2,(H,33,43)(H,34,44)(H2,22,24,26)(H2,23,25,27);1-2H3/t12-,13-,14-,17-,18-,19-,24-,25-,47?,48?;7-,8-,9-,12-,13-,14-,19-,20-,41?,42?;/m11./s1. The maximum absolute atomic E-state index is 16.3. The van der Waals surface area contributed by atoms with Gasteiger partial charge in [0.2, 0.25) is 0 Å². The molecule has 38 nitrogen and oxygen atoms in total. The molecular formula is C48H66F2N20O18P4S4Si. The van der Waals surface area contributed by atoms with E-state index in [0.29, 0.717) is 11.2 Å². The molecule has 4 bridgehead atoms. The minimum absolute atomic E-state index is 0.0682. The number of ether oxygens (including phenoxy) is 4. The van der Waals surface area contributed by atoms with Gasteiger partial charge in [0.05, 0.1) is 51.7 Å². The third-order valence-corrected chi connectivity index (χ3v) is 27.4. The van der Waals surface area contributed by atoms with Crippen LogP contribution in [0.25, 0.3) is 44.7 Å². The van der Waals surface area contributed by atoms with Crippen molar-refractivity contribution in [2.45, 2.75) is 151 Å². The van der Waals surface area contributed by atoms with Gasteiger partial charge in [0, 0.05) is 0 Å². The number of imidazole rings is 4. The molecule has 14 heterocycles. The molecule has 20 atom stereocenters. The van der Waals surface area contributed by atoms with Crippen molar-refractivity contribution < 1.29 is 92.7 Å². The Kier molecular flexibility index (Phi) is 20.5. The predicted molar refractivity (Wildman–Crippen MR) is 353 cm³/mol. The molecule has 6 saturated heterocycles. The number of fused-ring (bicyclic) bond motifs is 10. The molecule has 6 aliphatic rings. The number of hydrogen-bond acceptors (Lipinski definition) is 34. The number of aliphatic hydroxyl groups is 1. The Bertz CT molecular complexity index is 4440. The first-order chi connectivity index (χ1) is 45.8. The zero-order valence-corrected chi connectivity index (χ0v) is 59.8. The summed E-state index contributed by atoms with van der Waals surface area (Å²) in [4.78, 5) is 82.6. The SMILES string of the molecule is CC.CC(C)(C)[Si](C)(C)O[C@H]1[C@H]2OP(=O)(S)OC[C@H]3O[C@@H](n4cnc5c(N)ncnc54)[C@H](F)[C@@H]3OP(O)(=S)OC[C@H]1O[C@H]2n1cnc2c(N)ncnc21.Nc1ncnc2c1ncn2[C@@H]1O[C@@H]2COP(O)(=S)O[C@@H]3[C@H](O)[C@@H](COP(O)(=S)O[C@H]2[C@H]1F)O[C@H]3n1cnc2c(N)ncnc21. The molecule has 8 aromatic rings. The lowest BCUT2D eigenvalue weighted by atomic mass is 10.1. The summed E-state index contributed by atoms with van der Waals surface area (Å²) in [6.07, 6.45) is -11.9. The van der Waals surface area contributed by atoms with E-state index < -0.39 is 160 Å². The van der Waals surface area contributed by atoms with Gasteiger partial charge in [-0.25, -0.2) is 73.2 Å². The van der Waals surface area contributed by atoms with Crippen molar-refractivity contribution in [3.05, 3.63) is 50.6 Å². The highest BCUT2D eigenvalue weighted by Gasteiger charge is 2.58. The van der Waals surface area contributed by atoms with Crippen molar-refractivity contribution in [3.63, 3.8) is 0 Å². The highest BCUT2D eigenvalue weighted by Crippen LogP contribution is 2.60. The van der Waals surface area contributed by atoms with Crippen molar-refractivity contribution >= 4 is 151 Å². The van der Waals surface area contributed by atoms with Gasteiger partial charge in [-0.05, 0) is 53.6 Å². The number of hydrogen-bond donors (Lipinski definition) is 9. The molecule has 8 aromatic heterocycles. The van der Waals surface area contributed by atoms with Gasteiger partial charge in [-0.15, -0.1) is 0 Å². The van der Waals surface area contributed by atoms with Gasteiger partial charge in [-0.1, -0.05) is 46.9 Å². The lowest BCUT2D eigenvalue weighted by molar-refractivity contribution is -0.0602. The average molecular weight is 1530 g/mol. The van der Waals surface area contributed by atoms with Crippen molar-refractivity contribution in [2.24, 2.45) is 0 Å². The second-order valence-electron chi connectivity index (χ2n) is 23.7. The Morgan fingerprint density at radius 1 is 0.515 bits per heavy atom. The van der Waals surface area contributed by atoms with Crippen LogP contribution in [0.2, 0.25) is 18.1 Å². The number of anilines is 4. The highest BCUT2D eigenvalue weighted by atomic mass is 32.7. The summed E-state index contributed by atoms with van der Waals surface area (Å²) >= 11 is 20.1. The number of nitrogens with two attached hydrogens (primary N) is 4. The Labute approximate surface area is 569 Å². The normalized spacial score (nSPS) is 36.0. The summed E-state index contributed by atoms with van der Waals surface area (Å²) in [6.45, 7) is -4.93. The number of aromatic nitrogens is 16. The van der Waals surface area contributed by atoms with Crippen molar-refractivity contribution in [1.82, 2.24) is 78.1 Å². The Hall–Kier alpha value is -4.67. The number of halogens is 2. The summed E-state index contributed by atoms with van der Waals surface area (Å²) in [7, 11) is -2.63. The maximum atomic E-state index is 16.3. The van der Waals surface area contributed by atoms with E-state index in [1.807, 2.05) is 47.7 Å². The third-order valence-electron chi connectivity index (χ3n) is 16.6. The van der Waals surface area contributed by atoms with Crippen LogP contribution in [0.1, 0.15) is 59.5 Å². The average Bonchev–Trinajstić information content (AvgIpc) is 1.63. The molecule has 49 heteroatoms. The molecule has 12 N–H and O–H groups in total. The second-order valence-corrected chi connectivity index (χ2v) is 39.7. The highest BCUT2D eigenvalue weighted by molar-refractivity contribution is 8.44. The minimum Gasteiger partial charge on any atom is -0.408 e. The van der Waals surface area contributed by atoms with E-state index in [1.54, 1.807) is 0 Å². The molecule has 0 amide bonds. The van der Waals surface area contributed by atoms with Gasteiger partial charge in [0.15, 0.2) is 91.4 Å². The van der Waals surface area contributed by atoms with Gasteiger partial charge < -0.3 is 79.7 Å². The van der Waals surface area contributed by atoms with Crippen LogP contribution in [0.3, 0.4) is 0 Å². The third kappa shape index (κ3) is 14.4. The number of thiol groups is 1. The van der Waals surface area contributed by atoms with Crippen LogP contribution in [0.15, 0.2) is 50.6 Å². The molecular weight excluding hydrogens is 1460 g/mol. The van der Waals surface area contributed by atoms with Gasteiger partial charge in [-0.2, -0.15) is 0 Å². The first-order valence-electron chi connectivity index (χ1n) is 29.4. The van der Waals surface area contributed by atoms with Gasteiger partial charge in [0.25, 0.3) is 0 Å². The van der Waals surface area contributed by atoms with Gasteiger partial charge >= 0.3 is 27.0 Å². The van der Waals surface area contributed by atoms with Crippen LogP contribution in [0, 0.1) is 0 Å². The molecule has 0 aliphatic carbocycles. The fourth-order valence-corrected chi connectivity index (χ4v) is 18.1. The predicted octanol–water partition coefficient (Wildman–Crippen LogP) is 4.03. The smallest absolute Gasteiger partial charge is 0.386 e. The molecule has 97 heavy (non-hydrogen) atoms. The summed E-state index contributed by atoms with van der Waals surface area (Å²) in [6, 6.07) is 0. The zero-order chi connectivity index (χ0) is 69.6. The number of nitrogens with zero attached hydrogens (tertiary/aromatic N) is 16. The molecule has 0 spiro atoms. The van der Waals surface area contributed by atoms with Crippen LogP contribution in [0.5, 0.6) is 0 Å². The Morgan fingerprint density at radius 2 is 0.835 bits per heavy atom. The van der Waals surface area contributed by atoms with E-state index in [2.05, 4.69) is 72.1 Å². The van der Waals surface area contributed by atoms with Crippen LogP contribution < -0.4 is 22.9 Å². The number of nitrogen functional groups attached to an aromatic ring is 4. The largest absolute Gasteiger partial charge is 0.408 e. The number of alkyl halides is 2. The second kappa shape index (κ2) is 27.6. The topological polar surface area (TPSA) is 496 Å². The van der Waals surface area contributed by atoms with Crippen LogP contribution in [-0.2, 0) is 99.5 Å². The van der Waals surface area contributed by atoms with E-state index in [-0.39, 0.29) is 61.8 Å². The van der Waals surface area contributed by atoms with Crippen molar-refractivity contribution in [3.8, 4) is 0 Å². The Balaban J connectivity index is 0.000000182. The lowest BCUT2D eigenvalue weighted by Gasteiger charge is -2.40. The monoisotopic (exact) mass is 1530 g/mol. The Morgan fingerprint density at radius 3 is 1.23 bits per heavy atom. The summed E-state index contributed by atoms with van der Waals surface area (Å²) in [5.41, 5.74) is 25.6. The first-order valence-corrected chi connectivity index (χ1v) is 42.8. The summed E-state index contributed by atoms with van der Waals surface area (Å²) in [5.74, 6) is 0.364. The van der Waals surface area contributed by atoms with Crippen molar-refractivity contribution in [1.29, 1.82) is 0 Å². The van der Waals surface area contributed by atoms with Crippen LogP contribution in [0.4, 0.5) is 32.1 Å². The first kappa shape index (κ1) is 72.1. The summed E-state index contributed by atoms with van der Waals surface area (Å²) < 4.78 is 129. The quantitative estimate of drug-likeness (QED) is 0.0644. The minimum atomic E-state index is -4.35. The van der Waals surface area contributed by atoms with E-state index in [4.69, 9.17) is 118 Å². The van der Waals surface area contributed by atoms with Crippen LogP contribution >= 0.6 is 39.2 Å². The molecule has 4 unspecified atom stereocenters. The lowest BCUT2D eigenvalue weighted by Crippen LogP contribution is -2.50. The number of aliphatic hydroxyl groups excluding tert-OH is 1. The molecule has 6 aliphatic heterocycles. The van der Waals surface area contributed by atoms with Gasteiger partial charge in [0.1, 0.15) is 108 Å². The van der Waals surface area contributed by atoms with E-state index in [0.717, 1.165) is 0 Å². The molecule has 14 rings (SSSR count). The summed E-state index contributed by atoms with van der Waals surface area (Å²) in [5, 5.41) is 10.8. The van der Waals surface area contributed by atoms with Crippen LogP contribution in [-0.4, -0.2) is 206 Å². The fraction of sp³-hybridized carbons (Fsp3) is 0.583. The van der Waals surface area contributed by atoms with E-state index >= 15 is 8.78 Å². The van der Waals surface area contributed by atoms with E-state index in [1.165, 1.54) is 68.9 Å². The zero-order valence-electron chi connectivity index (χ0n) is 51.9. The fourth-order valence-electron chi connectivity index (χ4n) is 11.0. The maximum Gasteiger partial charge on any atom is 0.386 e. The molecule has 0 saturated carbocycles. The number of rotatable bonds is 6.